The minimum atomic E-state index is -3.16. The zero-order chi connectivity index (χ0) is 14.9. The summed E-state index contributed by atoms with van der Waals surface area (Å²) in [6.07, 6.45) is 5.15. The van der Waals surface area contributed by atoms with Crippen molar-refractivity contribution in [3.63, 3.8) is 0 Å². The number of aryl methyl sites for hydroxylation is 1. The minimum Gasteiger partial charge on any atom is -0.300 e. The largest absolute Gasteiger partial charge is 0.300 e. The summed E-state index contributed by atoms with van der Waals surface area (Å²) in [6.45, 7) is 5.91. The molecule has 0 spiro atoms. The summed E-state index contributed by atoms with van der Waals surface area (Å²) >= 11 is 0. The van der Waals surface area contributed by atoms with E-state index >= 15 is 0 Å². The fourth-order valence-electron chi connectivity index (χ4n) is 1.96. The van der Waals surface area contributed by atoms with Gasteiger partial charge < -0.3 is 0 Å². The normalized spacial score (nSPS) is 12.7. The Labute approximate surface area is 119 Å². The first kappa shape index (κ1) is 14.5. The van der Waals surface area contributed by atoms with Gasteiger partial charge >= 0.3 is 0 Å². The average Bonchev–Trinajstić information content (AvgIpc) is 2.79. The smallest absolute Gasteiger partial charge is 0.175 e. The van der Waals surface area contributed by atoms with Crippen molar-refractivity contribution in [3.8, 4) is 5.69 Å². The quantitative estimate of drug-likeness (QED) is 0.873. The standard InChI is InChI=1S/C15H18N2O2S/c1-5-11(2)15-16-12(3)10-17(15)13-6-8-14(9-7-13)20(4,18)19/h5-10H,1-4H3/b11-5+. The van der Waals surface area contributed by atoms with Gasteiger partial charge in [-0.15, -0.1) is 0 Å². The first-order valence-corrected chi connectivity index (χ1v) is 8.22. The summed E-state index contributed by atoms with van der Waals surface area (Å²) in [4.78, 5) is 4.83. The molecule has 0 unspecified atom stereocenters. The van der Waals surface area contributed by atoms with Gasteiger partial charge in [-0.05, 0) is 50.6 Å². The number of sulfone groups is 1. The van der Waals surface area contributed by atoms with E-state index < -0.39 is 9.84 Å². The Hall–Kier alpha value is -1.88. The Balaban J connectivity index is 2.53. The average molecular weight is 290 g/mol. The van der Waals surface area contributed by atoms with Crippen molar-refractivity contribution in [2.75, 3.05) is 6.26 Å². The lowest BCUT2D eigenvalue weighted by atomic mass is 10.2. The van der Waals surface area contributed by atoms with Crippen molar-refractivity contribution in [2.24, 2.45) is 0 Å². The summed E-state index contributed by atoms with van der Waals surface area (Å²) in [5.74, 6) is 0.872. The van der Waals surface area contributed by atoms with Gasteiger partial charge in [0.2, 0.25) is 0 Å². The van der Waals surface area contributed by atoms with Crippen LogP contribution in [0.5, 0.6) is 0 Å². The highest BCUT2D eigenvalue weighted by Gasteiger charge is 2.11. The predicted molar refractivity (Wildman–Crippen MR) is 80.7 cm³/mol. The van der Waals surface area contributed by atoms with Crippen molar-refractivity contribution in [1.82, 2.24) is 9.55 Å². The summed E-state index contributed by atoms with van der Waals surface area (Å²) in [5, 5.41) is 0. The Bertz CT molecular complexity index is 754. The fraction of sp³-hybridized carbons (Fsp3) is 0.267. The monoisotopic (exact) mass is 290 g/mol. The van der Waals surface area contributed by atoms with Crippen LogP contribution in [0.25, 0.3) is 11.3 Å². The van der Waals surface area contributed by atoms with Crippen LogP contribution in [0.1, 0.15) is 25.4 Å². The molecule has 0 amide bonds. The molecule has 0 saturated carbocycles. The molecule has 0 N–H and O–H groups in total. The van der Waals surface area contributed by atoms with E-state index in [-0.39, 0.29) is 0 Å². The van der Waals surface area contributed by atoms with E-state index in [9.17, 15) is 8.42 Å². The molecule has 106 valence electrons. The number of nitrogens with zero attached hydrogens (tertiary/aromatic N) is 2. The molecular weight excluding hydrogens is 272 g/mol. The second kappa shape index (κ2) is 5.25. The van der Waals surface area contributed by atoms with Gasteiger partial charge in [0, 0.05) is 18.1 Å². The Morgan fingerprint density at radius 2 is 1.85 bits per heavy atom. The van der Waals surface area contributed by atoms with Crippen LogP contribution in [0.3, 0.4) is 0 Å². The van der Waals surface area contributed by atoms with Gasteiger partial charge in [0.25, 0.3) is 0 Å². The Morgan fingerprint density at radius 3 is 2.35 bits per heavy atom. The number of imidazole rings is 1. The van der Waals surface area contributed by atoms with E-state index in [2.05, 4.69) is 4.98 Å². The predicted octanol–water partition coefficient (Wildman–Crippen LogP) is 3.01. The van der Waals surface area contributed by atoms with E-state index in [1.807, 2.05) is 37.6 Å². The Morgan fingerprint density at radius 1 is 1.25 bits per heavy atom. The number of hydrogen-bond donors (Lipinski definition) is 0. The summed E-state index contributed by atoms with van der Waals surface area (Å²) < 4.78 is 24.9. The highest BCUT2D eigenvalue weighted by Crippen LogP contribution is 2.20. The molecule has 0 aliphatic carbocycles. The summed E-state index contributed by atoms with van der Waals surface area (Å²) in [5.41, 5.74) is 2.90. The van der Waals surface area contributed by atoms with Crippen molar-refractivity contribution < 1.29 is 8.42 Å². The van der Waals surface area contributed by atoms with Crippen LogP contribution < -0.4 is 0 Å². The second-order valence-electron chi connectivity index (χ2n) is 4.81. The molecule has 1 aromatic carbocycles. The van der Waals surface area contributed by atoms with Gasteiger partial charge in [0.15, 0.2) is 9.84 Å². The van der Waals surface area contributed by atoms with E-state index in [4.69, 9.17) is 0 Å². The van der Waals surface area contributed by atoms with Crippen molar-refractivity contribution in [3.05, 3.63) is 48.1 Å². The third-order valence-corrected chi connectivity index (χ3v) is 4.28. The maximum Gasteiger partial charge on any atom is 0.175 e. The second-order valence-corrected chi connectivity index (χ2v) is 6.83. The molecule has 4 nitrogen and oxygen atoms in total. The first-order chi connectivity index (χ1) is 9.32. The van der Waals surface area contributed by atoms with Crippen LogP contribution in [0.4, 0.5) is 0 Å². The zero-order valence-corrected chi connectivity index (χ0v) is 12.9. The summed E-state index contributed by atoms with van der Waals surface area (Å²) in [6, 6.07) is 6.83. The lowest BCUT2D eigenvalue weighted by Crippen LogP contribution is -2.00. The van der Waals surface area contributed by atoms with Crippen LogP contribution in [0.2, 0.25) is 0 Å². The zero-order valence-electron chi connectivity index (χ0n) is 12.1. The third-order valence-electron chi connectivity index (χ3n) is 3.16. The van der Waals surface area contributed by atoms with Gasteiger partial charge in [-0.3, -0.25) is 4.57 Å². The molecule has 0 fully saturated rings. The molecule has 0 aliphatic heterocycles. The molecule has 20 heavy (non-hydrogen) atoms. The molecule has 0 bridgehead atoms. The van der Waals surface area contributed by atoms with Gasteiger partial charge in [-0.2, -0.15) is 0 Å². The van der Waals surface area contributed by atoms with Crippen LogP contribution in [-0.2, 0) is 9.84 Å². The van der Waals surface area contributed by atoms with Crippen LogP contribution >= 0.6 is 0 Å². The number of hydrogen-bond acceptors (Lipinski definition) is 3. The van der Waals surface area contributed by atoms with Crippen molar-refractivity contribution >= 4 is 15.4 Å². The van der Waals surface area contributed by atoms with Gasteiger partial charge in [-0.25, -0.2) is 13.4 Å². The van der Waals surface area contributed by atoms with E-state index in [1.54, 1.807) is 24.3 Å². The van der Waals surface area contributed by atoms with E-state index in [0.29, 0.717) is 4.90 Å². The molecule has 1 heterocycles. The topological polar surface area (TPSA) is 52.0 Å². The van der Waals surface area contributed by atoms with Crippen LogP contribution in [-0.4, -0.2) is 24.2 Å². The molecule has 5 heteroatoms. The highest BCUT2D eigenvalue weighted by molar-refractivity contribution is 7.90. The lowest BCUT2D eigenvalue weighted by Gasteiger charge is -2.08. The van der Waals surface area contributed by atoms with Gasteiger partial charge in [0.1, 0.15) is 5.82 Å². The number of rotatable bonds is 3. The molecular formula is C15H18N2O2S. The maximum atomic E-state index is 11.5. The minimum absolute atomic E-state index is 0.322. The molecule has 0 radical (unpaired) electrons. The molecule has 0 saturated heterocycles. The summed E-state index contributed by atoms with van der Waals surface area (Å²) in [7, 11) is -3.16. The van der Waals surface area contributed by atoms with Crippen LogP contribution in [0, 0.1) is 6.92 Å². The third kappa shape index (κ3) is 2.82. The molecule has 2 aromatic rings. The number of aromatic nitrogens is 2. The highest BCUT2D eigenvalue weighted by atomic mass is 32.2. The fourth-order valence-corrected chi connectivity index (χ4v) is 2.59. The first-order valence-electron chi connectivity index (χ1n) is 6.32. The van der Waals surface area contributed by atoms with E-state index in [0.717, 1.165) is 22.8 Å². The van der Waals surface area contributed by atoms with Crippen LogP contribution in [0.15, 0.2) is 41.4 Å². The maximum absolute atomic E-state index is 11.5. The molecule has 0 atom stereocenters. The Kier molecular flexibility index (Phi) is 3.81. The molecule has 1 aromatic heterocycles. The van der Waals surface area contributed by atoms with E-state index in [1.165, 1.54) is 6.26 Å². The van der Waals surface area contributed by atoms with Gasteiger partial charge in [0.05, 0.1) is 10.6 Å². The van der Waals surface area contributed by atoms with Crippen molar-refractivity contribution in [1.29, 1.82) is 0 Å². The number of allylic oxidation sites excluding steroid dienone is 2. The number of benzene rings is 1. The SMILES string of the molecule is C/C=C(\C)c1nc(C)cn1-c1ccc(S(C)(=O)=O)cc1. The molecule has 2 rings (SSSR count). The molecule has 0 aliphatic rings. The lowest BCUT2D eigenvalue weighted by molar-refractivity contribution is 0.602. The van der Waals surface area contributed by atoms with Crippen molar-refractivity contribution in [2.45, 2.75) is 25.7 Å². The van der Waals surface area contributed by atoms with Gasteiger partial charge in [-0.1, -0.05) is 6.08 Å².